The summed E-state index contributed by atoms with van der Waals surface area (Å²) in [5, 5.41) is 9.14. The molecule has 2 saturated heterocycles. The minimum absolute atomic E-state index is 0.0889. The van der Waals surface area contributed by atoms with Crippen LogP contribution >= 0.6 is 0 Å². The molecule has 1 spiro atoms. The molecule has 2 unspecified atom stereocenters. The summed E-state index contributed by atoms with van der Waals surface area (Å²) in [6.07, 6.45) is 3.52. The van der Waals surface area contributed by atoms with Gasteiger partial charge in [0.05, 0.1) is 19.1 Å². The van der Waals surface area contributed by atoms with Crippen LogP contribution in [0.4, 0.5) is 0 Å². The van der Waals surface area contributed by atoms with Crippen LogP contribution in [0.25, 0.3) is 0 Å². The van der Waals surface area contributed by atoms with Gasteiger partial charge in [-0.1, -0.05) is 13.0 Å². The molecule has 132 valence electrons. The summed E-state index contributed by atoms with van der Waals surface area (Å²) in [5.41, 5.74) is 0. The Bertz CT molecular complexity index is 433. The van der Waals surface area contributed by atoms with Crippen molar-refractivity contribution in [2.75, 3.05) is 27.4 Å². The predicted molar refractivity (Wildman–Crippen MR) is 83.7 cm³/mol. The minimum Gasteiger partial charge on any atom is -0.396 e. The zero-order valence-electron chi connectivity index (χ0n) is 14.2. The van der Waals surface area contributed by atoms with Crippen LogP contribution in [0, 0.1) is 11.8 Å². The SMILES string of the molecule is C=CC(CCO)C[C@@H]1CC(OC)(OC)[C@]2(CC(=O)C(C)CO2)O1. The number of carbonyl (C=O) groups is 1. The van der Waals surface area contributed by atoms with Gasteiger partial charge < -0.3 is 24.1 Å². The molecule has 6 nitrogen and oxygen atoms in total. The first-order chi connectivity index (χ1) is 11.0. The average Bonchev–Trinajstić information content (AvgIpc) is 2.84. The Morgan fingerprint density at radius 1 is 1.48 bits per heavy atom. The highest BCUT2D eigenvalue weighted by atomic mass is 16.8. The smallest absolute Gasteiger partial charge is 0.231 e. The van der Waals surface area contributed by atoms with E-state index in [1.165, 1.54) is 0 Å². The van der Waals surface area contributed by atoms with E-state index in [2.05, 4.69) is 6.58 Å². The molecule has 6 heteroatoms. The molecule has 0 amide bonds. The van der Waals surface area contributed by atoms with E-state index in [1.807, 2.05) is 13.0 Å². The average molecular weight is 328 g/mol. The van der Waals surface area contributed by atoms with Crippen molar-refractivity contribution >= 4 is 5.78 Å². The van der Waals surface area contributed by atoms with E-state index in [1.54, 1.807) is 14.2 Å². The van der Waals surface area contributed by atoms with Crippen LogP contribution in [0.1, 0.15) is 32.6 Å². The second kappa shape index (κ2) is 7.40. The topological polar surface area (TPSA) is 74.2 Å². The summed E-state index contributed by atoms with van der Waals surface area (Å²) in [5.74, 6) is -2.23. The van der Waals surface area contributed by atoms with Crippen LogP contribution in [0.15, 0.2) is 12.7 Å². The second-order valence-electron chi connectivity index (χ2n) is 6.46. The van der Waals surface area contributed by atoms with Gasteiger partial charge in [0.25, 0.3) is 0 Å². The molecule has 0 aromatic heterocycles. The Morgan fingerprint density at radius 3 is 2.70 bits per heavy atom. The van der Waals surface area contributed by atoms with Crippen LogP contribution in [-0.2, 0) is 23.7 Å². The molecular formula is C17H28O6. The monoisotopic (exact) mass is 328 g/mol. The van der Waals surface area contributed by atoms with E-state index < -0.39 is 11.6 Å². The molecule has 23 heavy (non-hydrogen) atoms. The molecule has 2 aliphatic rings. The number of allylic oxidation sites excluding steroid dienone is 1. The van der Waals surface area contributed by atoms with Crippen molar-refractivity contribution in [3.05, 3.63) is 12.7 Å². The number of ketones is 1. The fourth-order valence-corrected chi connectivity index (χ4v) is 3.51. The molecule has 4 atom stereocenters. The zero-order valence-corrected chi connectivity index (χ0v) is 14.2. The van der Waals surface area contributed by atoms with Gasteiger partial charge in [-0.3, -0.25) is 4.79 Å². The summed E-state index contributed by atoms with van der Waals surface area (Å²) in [7, 11) is 3.09. The molecule has 0 radical (unpaired) electrons. The number of methoxy groups -OCH3 is 2. The lowest BCUT2D eigenvalue weighted by Gasteiger charge is -2.44. The van der Waals surface area contributed by atoms with Gasteiger partial charge in [-0.25, -0.2) is 0 Å². The number of carbonyl (C=O) groups excluding carboxylic acids is 1. The van der Waals surface area contributed by atoms with Crippen LogP contribution in [0.2, 0.25) is 0 Å². The Kier molecular flexibility index (Phi) is 5.97. The maximum absolute atomic E-state index is 12.2. The van der Waals surface area contributed by atoms with Gasteiger partial charge in [0, 0.05) is 33.2 Å². The molecular weight excluding hydrogens is 300 g/mol. The minimum atomic E-state index is -1.20. The normalized spacial score (nSPS) is 34.7. The van der Waals surface area contributed by atoms with Crippen molar-refractivity contribution in [1.82, 2.24) is 0 Å². The Balaban J connectivity index is 2.20. The second-order valence-corrected chi connectivity index (χ2v) is 6.46. The molecule has 0 aliphatic carbocycles. The van der Waals surface area contributed by atoms with Crippen LogP contribution < -0.4 is 0 Å². The maximum atomic E-state index is 12.2. The molecule has 0 aromatic carbocycles. The van der Waals surface area contributed by atoms with Crippen molar-refractivity contribution in [2.45, 2.75) is 50.3 Å². The van der Waals surface area contributed by atoms with Crippen molar-refractivity contribution in [3.63, 3.8) is 0 Å². The van der Waals surface area contributed by atoms with Crippen LogP contribution in [-0.4, -0.2) is 56.0 Å². The Morgan fingerprint density at radius 2 is 2.17 bits per heavy atom. The van der Waals surface area contributed by atoms with Gasteiger partial charge in [0.1, 0.15) is 5.78 Å². The third-order valence-electron chi connectivity index (χ3n) is 5.02. The summed E-state index contributed by atoms with van der Waals surface area (Å²) < 4.78 is 23.4. The standard InChI is InChI=1S/C17H28O6/c1-5-13(6-7-18)8-14-9-16(20-3,21-4)17(23-14)10-15(19)12(2)11-22-17/h5,12-14,18H,1,6-11H2,2-4H3/t12?,13?,14-,17+/m1/s1. The quantitative estimate of drug-likeness (QED) is 0.566. The third kappa shape index (κ3) is 3.37. The molecule has 2 heterocycles. The molecule has 0 saturated carbocycles. The predicted octanol–water partition coefficient (Wildman–Crippen LogP) is 1.66. The first-order valence-electron chi connectivity index (χ1n) is 8.14. The Labute approximate surface area is 137 Å². The van der Waals surface area contributed by atoms with E-state index in [4.69, 9.17) is 24.1 Å². The van der Waals surface area contributed by atoms with Gasteiger partial charge in [0.2, 0.25) is 11.6 Å². The lowest BCUT2D eigenvalue weighted by molar-refractivity contribution is -0.371. The molecule has 2 rings (SSSR count). The number of aliphatic hydroxyl groups excluding tert-OH is 1. The van der Waals surface area contributed by atoms with E-state index in [0.717, 1.165) is 0 Å². The number of Topliss-reactive ketones (excluding diaryl/α,β-unsaturated/α-hetero) is 1. The van der Waals surface area contributed by atoms with Crippen molar-refractivity contribution in [1.29, 1.82) is 0 Å². The molecule has 2 fully saturated rings. The first kappa shape index (κ1) is 18.5. The van der Waals surface area contributed by atoms with Gasteiger partial charge in [-0.05, 0) is 18.8 Å². The zero-order chi connectivity index (χ0) is 17.1. The fourth-order valence-electron chi connectivity index (χ4n) is 3.51. The largest absolute Gasteiger partial charge is 0.396 e. The first-order valence-corrected chi connectivity index (χ1v) is 8.14. The highest BCUT2D eigenvalue weighted by Crippen LogP contribution is 2.49. The highest BCUT2D eigenvalue weighted by molar-refractivity contribution is 5.82. The lowest BCUT2D eigenvalue weighted by atomic mass is 9.89. The third-order valence-corrected chi connectivity index (χ3v) is 5.02. The number of hydrogen-bond acceptors (Lipinski definition) is 6. The summed E-state index contributed by atoms with van der Waals surface area (Å²) in [6.45, 7) is 6.05. The number of rotatable bonds is 7. The number of hydrogen-bond donors (Lipinski definition) is 1. The fraction of sp³-hybridized carbons (Fsp3) is 0.824. The molecule has 1 N–H and O–H groups in total. The Hall–Kier alpha value is -0.790. The van der Waals surface area contributed by atoms with Crippen LogP contribution in [0.3, 0.4) is 0 Å². The van der Waals surface area contributed by atoms with Gasteiger partial charge >= 0.3 is 0 Å². The lowest BCUT2D eigenvalue weighted by Crippen LogP contribution is -2.59. The van der Waals surface area contributed by atoms with Crippen molar-refractivity contribution in [2.24, 2.45) is 11.8 Å². The van der Waals surface area contributed by atoms with E-state index in [9.17, 15) is 4.79 Å². The van der Waals surface area contributed by atoms with E-state index >= 15 is 0 Å². The molecule has 0 bridgehead atoms. The summed E-state index contributed by atoms with van der Waals surface area (Å²) in [6, 6.07) is 0. The number of ether oxygens (including phenoxy) is 4. The van der Waals surface area contributed by atoms with Gasteiger partial charge in [-0.15, -0.1) is 6.58 Å². The summed E-state index contributed by atoms with van der Waals surface area (Å²) in [4.78, 5) is 12.2. The van der Waals surface area contributed by atoms with Crippen LogP contribution in [0.5, 0.6) is 0 Å². The maximum Gasteiger partial charge on any atom is 0.231 e. The van der Waals surface area contributed by atoms with Crippen molar-refractivity contribution in [3.8, 4) is 0 Å². The molecule has 2 aliphatic heterocycles. The highest BCUT2D eigenvalue weighted by Gasteiger charge is 2.65. The van der Waals surface area contributed by atoms with Gasteiger partial charge in [-0.2, -0.15) is 0 Å². The number of aliphatic hydroxyl groups is 1. The van der Waals surface area contributed by atoms with E-state index in [0.29, 0.717) is 25.9 Å². The van der Waals surface area contributed by atoms with Gasteiger partial charge in [0.15, 0.2) is 0 Å². The summed E-state index contributed by atoms with van der Waals surface area (Å²) >= 11 is 0. The molecule has 0 aromatic rings. The van der Waals surface area contributed by atoms with Crippen molar-refractivity contribution < 1.29 is 28.8 Å². The van der Waals surface area contributed by atoms with E-state index in [-0.39, 0.29) is 36.8 Å².